The minimum Gasteiger partial charge on any atom is -0.493 e. The van der Waals surface area contributed by atoms with Crippen molar-refractivity contribution in [2.45, 2.75) is 69.8 Å². The average molecular weight is 548 g/mol. The molecule has 2 aliphatic rings. The molecule has 13 heteroatoms. The molecule has 2 aromatic rings. The van der Waals surface area contributed by atoms with Crippen LogP contribution < -0.4 is 10.1 Å². The van der Waals surface area contributed by atoms with Crippen molar-refractivity contribution >= 4 is 11.7 Å². The second-order valence-corrected chi connectivity index (χ2v) is 10.2. The number of alkyl halides is 3. The van der Waals surface area contributed by atoms with Crippen molar-refractivity contribution in [2.24, 2.45) is 13.0 Å². The number of nitrogens with one attached hydrogen (secondary N) is 1. The minimum absolute atomic E-state index is 0.0820. The highest BCUT2D eigenvalue weighted by molar-refractivity contribution is 5.94. The van der Waals surface area contributed by atoms with E-state index < -0.39 is 58.8 Å². The van der Waals surface area contributed by atoms with Gasteiger partial charge in [0.1, 0.15) is 6.10 Å². The summed E-state index contributed by atoms with van der Waals surface area (Å²) in [6.45, 7) is 6.02. The largest absolute Gasteiger partial charge is 0.493 e. The zero-order valence-electron chi connectivity index (χ0n) is 21.8. The molecular formula is C25H30F5N3O5. The van der Waals surface area contributed by atoms with Gasteiger partial charge in [0.2, 0.25) is 5.82 Å². The lowest BCUT2D eigenvalue weighted by molar-refractivity contribution is -0.272. The van der Waals surface area contributed by atoms with Crippen molar-refractivity contribution in [3.63, 3.8) is 0 Å². The van der Waals surface area contributed by atoms with Crippen LogP contribution in [0.2, 0.25) is 0 Å². The van der Waals surface area contributed by atoms with Gasteiger partial charge in [-0.2, -0.15) is 22.7 Å². The Hall–Kier alpha value is -2.77. The number of carbonyl (C=O) groups is 1. The predicted octanol–water partition coefficient (Wildman–Crippen LogP) is 4.48. The highest BCUT2D eigenvalue weighted by Gasteiger charge is 2.66. The second-order valence-electron chi connectivity index (χ2n) is 10.2. The number of hydrogen-bond donors (Lipinski definition) is 1. The lowest BCUT2D eigenvalue weighted by atomic mass is 9.77. The Bertz CT molecular complexity index is 1220. The molecule has 0 saturated carbocycles. The van der Waals surface area contributed by atoms with E-state index >= 15 is 0 Å². The summed E-state index contributed by atoms with van der Waals surface area (Å²) in [7, 11) is 2.71. The fourth-order valence-electron chi connectivity index (χ4n) is 5.09. The molecule has 1 N–H and O–H groups in total. The Kier molecular flexibility index (Phi) is 7.25. The van der Waals surface area contributed by atoms with E-state index in [1.807, 2.05) is 0 Å². The second kappa shape index (κ2) is 9.76. The monoisotopic (exact) mass is 547 g/mol. The number of amides is 1. The molecule has 1 aromatic heterocycles. The number of nitrogens with zero attached hydrogens (tertiary/aromatic N) is 2. The van der Waals surface area contributed by atoms with Crippen LogP contribution in [-0.4, -0.2) is 59.2 Å². The van der Waals surface area contributed by atoms with E-state index in [4.69, 9.17) is 18.9 Å². The lowest BCUT2D eigenvalue weighted by Crippen LogP contribution is -2.47. The molecule has 1 unspecified atom stereocenters. The number of anilines is 1. The van der Waals surface area contributed by atoms with Crippen LogP contribution in [-0.2, 0) is 32.5 Å². The molecule has 210 valence electrons. The van der Waals surface area contributed by atoms with Crippen LogP contribution in [0, 0.1) is 17.6 Å². The number of halogens is 5. The van der Waals surface area contributed by atoms with Crippen LogP contribution >= 0.6 is 0 Å². The summed E-state index contributed by atoms with van der Waals surface area (Å²) in [6.07, 6.45) is -6.41. The highest BCUT2D eigenvalue weighted by Crippen LogP contribution is 2.55. The van der Waals surface area contributed by atoms with E-state index in [1.54, 1.807) is 27.0 Å². The van der Waals surface area contributed by atoms with E-state index in [0.29, 0.717) is 18.7 Å². The third-order valence-electron chi connectivity index (χ3n) is 7.30. The molecule has 38 heavy (non-hydrogen) atoms. The SMILES string of the molecule is COc1c([C@H]2[C@H](C(=O)Nc3cc(CC4COC(C)(C)O4)n(C)n3)O[C@@](C)(C(F)(F)F)[C@H]2C)ccc(F)c1F. The molecule has 0 bridgehead atoms. The summed E-state index contributed by atoms with van der Waals surface area (Å²) < 4.78 is 94.0. The Balaban J connectivity index is 1.63. The summed E-state index contributed by atoms with van der Waals surface area (Å²) in [5.41, 5.74) is -2.18. The van der Waals surface area contributed by atoms with Crippen LogP contribution in [0.4, 0.5) is 27.8 Å². The Morgan fingerprint density at radius 3 is 2.50 bits per heavy atom. The summed E-state index contributed by atoms with van der Waals surface area (Å²) in [4.78, 5) is 13.4. The lowest BCUT2D eigenvalue weighted by Gasteiger charge is -2.32. The van der Waals surface area contributed by atoms with Crippen molar-refractivity contribution < 1.29 is 45.7 Å². The number of ether oxygens (including phenoxy) is 4. The first kappa shape index (κ1) is 28.2. The smallest absolute Gasteiger partial charge is 0.417 e. The number of rotatable bonds is 6. The zero-order chi connectivity index (χ0) is 28.2. The van der Waals surface area contributed by atoms with Gasteiger partial charge in [-0.15, -0.1) is 0 Å². The maximum Gasteiger partial charge on any atom is 0.417 e. The summed E-state index contributed by atoms with van der Waals surface area (Å²) >= 11 is 0. The fraction of sp³-hybridized carbons (Fsp3) is 0.600. The van der Waals surface area contributed by atoms with Crippen molar-refractivity contribution in [3.8, 4) is 5.75 Å². The van der Waals surface area contributed by atoms with E-state index in [1.165, 1.54) is 11.6 Å². The van der Waals surface area contributed by atoms with E-state index in [-0.39, 0.29) is 17.5 Å². The topological polar surface area (TPSA) is 83.8 Å². The molecule has 3 heterocycles. The molecule has 4 rings (SSSR count). The van der Waals surface area contributed by atoms with Crippen molar-refractivity contribution in [1.29, 1.82) is 0 Å². The van der Waals surface area contributed by atoms with Crippen LogP contribution in [0.15, 0.2) is 18.2 Å². The van der Waals surface area contributed by atoms with Gasteiger partial charge in [0, 0.05) is 42.6 Å². The van der Waals surface area contributed by atoms with Crippen LogP contribution in [0.3, 0.4) is 0 Å². The van der Waals surface area contributed by atoms with E-state index in [0.717, 1.165) is 26.2 Å². The highest BCUT2D eigenvalue weighted by atomic mass is 19.4. The van der Waals surface area contributed by atoms with Gasteiger partial charge < -0.3 is 24.3 Å². The quantitative estimate of drug-likeness (QED) is 0.537. The minimum atomic E-state index is -4.86. The molecule has 1 aromatic carbocycles. The Morgan fingerprint density at radius 1 is 1.24 bits per heavy atom. The van der Waals surface area contributed by atoms with Crippen LogP contribution in [0.1, 0.15) is 44.9 Å². The number of benzene rings is 1. The maximum atomic E-state index is 14.5. The first-order valence-electron chi connectivity index (χ1n) is 12.0. The number of aryl methyl sites for hydroxylation is 1. The van der Waals surface area contributed by atoms with Gasteiger partial charge in [-0.25, -0.2) is 4.39 Å². The number of methoxy groups -OCH3 is 1. The first-order valence-corrected chi connectivity index (χ1v) is 12.0. The number of carbonyl (C=O) groups excluding carboxylic acids is 1. The number of aromatic nitrogens is 2. The molecular weight excluding hydrogens is 517 g/mol. The van der Waals surface area contributed by atoms with Gasteiger partial charge in [0.15, 0.2) is 28.8 Å². The van der Waals surface area contributed by atoms with Crippen LogP contribution in [0.5, 0.6) is 5.75 Å². The molecule has 0 radical (unpaired) electrons. The molecule has 2 saturated heterocycles. The van der Waals surface area contributed by atoms with Crippen molar-refractivity contribution in [2.75, 3.05) is 19.0 Å². The van der Waals surface area contributed by atoms with Gasteiger partial charge in [-0.05, 0) is 26.8 Å². The summed E-state index contributed by atoms with van der Waals surface area (Å²) in [5.74, 6) is -7.44. The third kappa shape index (κ3) is 4.98. The maximum absolute atomic E-state index is 14.5. The predicted molar refractivity (Wildman–Crippen MR) is 125 cm³/mol. The molecule has 0 aliphatic carbocycles. The molecule has 2 aliphatic heterocycles. The molecule has 8 nitrogen and oxygen atoms in total. The standard InChI is InChI=1S/C25H30F5N3O5/c1-12-18(15-7-8-16(26)19(27)20(15)35-6)21(38-24(12,4)25(28,29)30)22(34)31-17-10-13(33(5)32-17)9-14-11-36-23(2,3)37-14/h7-8,10,12,14,18,21H,9,11H2,1-6H3,(H,31,32,34)/t12-,14?,18-,21+,24+/m0/s1. The molecule has 0 spiro atoms. The fourth-order valence-corrected chi connectivity index (χ4v) is 5.09. The third-order valence-corrected chi connectivity index (χ3v) is 7.30. The van der Waals surface area contributed by atoms with Crippen molar-refractivity contribution in [1.82, 2.24) is 9.78 Å². The van der Waals surface area contributed by atoms with Gasteiger partial charge in [-0.1, -0.05) is 13.0 Å². The Morgan fingerprint density at radius 2 is 1.92 bits per heavy atom. The number of hydrogen-bond acceptors (Lipinski definition) is 6. The summed E-state index contributed by atoms with van der Waals surface area (Å²) in [6, 6.07) is 3.45. The van der Waals surface area contributed by atoms with E-state index in [2.05, 4.69) is 10.4 Å². The van der Waals surface area contributed by atoms with Gasteiger partial charge in [0.05, 0.1) is 19.8 Å². The summed E-state index contributed by atoms with van der Waals surface area (Å²) in [5, 5.41) is 6.75. The zero-order valence-corrected chi connectivity index (χ0v) is 21.8. The van der Waals surface area contributed by atoms with Crippen LogP contribution in [0.25, 0.3) is 0 Å². The normalized spacial score (nSPS) is 29.0. The molecule has 1 amide bonds. The first-order chi connectivity index (χ1) is 17.6. The average Bonchev–Trinajstić information content (AvgIpc) is 3.43. The van der Waals surface area contributed by atoms with Crippen molar-refractivity contribution in [3.05, 3.63) is 41.1 Å². The van der Waals surface area contributed by atoms with Gasteiger partial charge in [0.25, 0.3) is 5.91 Å². The van der Waals surface area contributed by atoms with Gasteiger partial charge in [-0.3, -0.25) is 9.48 Å². The van der Waals surface area contributed by atoms with Gasteiger partial charge >= 0.3 is 6.18 Å². The molecule has 5 atom stereocenters. The Labute approximate surface area is 216 Å². The van der Waals surface area contributed by atoms with E-state index in [9.17, 15) is 26.7 Å². The molecule has 2 fully saturated rings.